The van der Waals surface area contributed by atoms with Crippen LogP contribution in [0.1, 0.15) is 37.5 Å². The van der Waals surface area contributed by atoms with Gasteiger partial charge >= 0.3 is 0 Å². The number of ketones is 2. The number of nitrogens with one attached hydrogen (secondary N) is 1. The summed E-state index contributed by atoms with van der Waals surface area (Å²) in [5.41, 5.74) is 0.812. The first-order chi connectivity index (χ1) is 11.9. The Hall–Kier alpha value is -2.83. The molecular formula is C19H17ClN2O4. The van der Waals surface area contributed by atoms with E-state index in [1.165, 1.54) is 0 Å². The summed E-state index contributed by atoms with van der Waals surface area (Å²) in [6.07, 6.45) is 1.63. The first-order valence-electron chi connectivity index (χ1n) is 7.82. The van der Waals surface area contributed by atoms with Crippen molar-refractivity contribution in [3.8, 4) is 11.5 Å². The van der Waals surface area contributed by atoms with Crippen molar-refractivity contribution in [3.63, 3.8) is 0 Å². The molecule has 0 radical (unpaired) electrons. The highest BCUT2D eigenvalue weighted by Gasteiger charge is 2.38. The lowest BCUT2D eigenvalue weighted by Gasteiger charge is -2.20. The van der Waals surface area contributed by atoms with Crippen LogP contribution in [-0.2, 0) is 6.54 Å². The van der Waals surface area contributed by atoms with Gasteiger partial charge in [-0.15, -0.1) is 12.4 Å². The number of hydrogen-bond acceptors (Lipinski definition) is 5. The van der Waals surface area contributed by atoms with Gasteiger partial charge in [0.1, 0.15) is 11.5 Å². The number of phenols is 2. The molecule has 134 valence electrons. The van der Waals surface area contributed by atoms with Crippen molar-refractivity contribution >= 4 is 34.7 Å². The lowest BCUT2D eigenvalue weighted by molar-refractivity contribution is 0.0971. The fraction of sp³-hybridized carbons (Fsp3) is 0.158. The number of phenolic OH excluding ortho intramolecular Hbond substituents is 2. The lowest BCUT2D eigenvalue weighted by Crippen LogP contribution is -2.23. The van der Waals surface area contributed by atoms with E-state index >= 15 is 0 Å². The summed E-state index contributed by atoms with van der Waals surface area (Å²) in [4.78, 5) is 30.7. The minimum atomic E-state index is -0.492. The molecule has 1 heterocycles. The third-order valence-corrected chi connectivity index (χ3v) is 4.52. The zero-order valence-corrected chi connectivity index (χ0v) is 15.0. The Labute approximate surface area is 155 Å². The van der Waals surface area contributed by atoms with Crippen molar-refractivity contribution in [2.24, 2.45) is 0 Å². The molecule has 6 nitrogen and oxygen atoms in total. The van der Waals surface area contributed by atoms with Crippen LogP contribution >= 0.6 is 12.4 Å². The summed E-state index contributed by atoms with van der Waals surface area (Å²) in [5, 5.41) is 21.9. The second-order valence-electron chi connectivity index (χ2n) is 6.45. The summed E-state index contributed by atoms with van der Waals surface area (Å²) in [5.74, 6) is -1.50. The molecule has 26 heavy (non-hydrogen) atoms. The van der Waals surface area contributed by atoms with Gasteiger partial charge in [0.25, 0.3) is 0 Å². The zero-order valence-electron chi connectivity index (χ0n) is 14.2. The monoisotopic (exact) mass is 372 g/mol. The molecule has 0 saturated heterocycles. The maximum Gasteiger partial charge on any atom is 0.214 e. The molecule has 7 heteroatoms. The Morgan fingerprint density at radius 1 is 0.923 bits per heavy atom. The Morgan fingerprint density at radius 3 is 2.00 bits per heavy atom. The van der Waals surface area contributed by atoms with Crippen molar-refractivity contribution in [3.05, 3.63) is 58.4 Å². The molecular weight excluding hydrogens is 356 g/mol. The van der Waals surface area contributed by atoms with E-state index in [0.29, 0.717) is 22.9 Å². The van der Waals surface area contributed by atoms with Crippen LogP contribution in [0.15, 0.2) is 30.5 Å². The van der Waals surface area contributed by atoms with Gasteiger partial charge in [-0.3, -0.25) is 9.59 Å². The molecule has 0 spiro atoms. The third kappa shape index (κ3) is 2.30. The number of carbonyl (C=O) groups is 2. The number of aromatic amines is 1. The van der Waals surface area contributed by atoms with E-state index < -0.39 is 11.6 Å². The predicted octanol–water partition coefficient (Wildman–Crippen LogP) is 2.84. The second-order valence-corrected chi connectivity index (χ2v) is 6.45. The lowest BCUT2D eigenvalue weighted by atomic mass is 9.83. The Balaban J connectivity index is 0.00000196. The number of hydrogen-bond donors (Lipinski definition) is 3. The Morgan fingerprint density at radius 2 is 1.46 bits per heavy atom. The van der Waals surface area contributed by atoms with E-state index in [9.17, 15) is 19.8 Å². The smallest absolute Gasteiger partial charge is 0.214 e. The van der Waals surface area contributed by atoms with Crippen molar-refractivity contribution in [2.75, 3.05) is 14.1 Å². The predicted molar refractivity (Wildman–Crippen MR) is 99.6 cm³/mol. The molecule has 1 aliphatic carbocycles. The Bertz CT molecular complexity index is 1070. The minimum Gasteiger partial charge on any atom is -0.506 e. The average Bonchev–Trinajstić information content (AvgIpc) is 2.99. The number of carbonyl (C=O) groups excluding carboxylic acids is 2. The summed E-state index contributed by atoms with van der Waals surface area (Å²) >= 11 is 0. The van der Waals surface area contributed by atoms with Crippen LogP contribution < -0.4 is 0 Å². The van der Waals surface area contributed by atoms with Gasteiger partial charge in [-0.1, -0.05) is 24.3 Å². The van der Waals surface area contributed by atoms with Gasteiger partial charge in [-0.2, -0.15) is 0 Å². The van der Waals surface area contributed by atoms with Crippen LogP contribution in [0.4, 0.5) is 0 Å². The molecule has 3 aromatic rings. The highest BCUT2D eigenvalue weighted by atomic mass is 35.5. The number of halogens is 1. The van der Waals surface area contributed by atoms with Gasteiger partial charge in [0, 0.05) is 23.5 Å². The van der Waals surface area contributed by atoms with Crippen molar-refractivity contribution in [1.82, 2.24) is 9.88 Å². The molecule has 0 saturated carbocycles. The summed E-state index contributed by atoms with van der Waals surface area (Å²) in [7, 11) is 3.72. The van der Waals surface area contributed by atoms with Crippen molar-refractivity contribution < 1.29 is 19.8 Å². The topological polar surface area (TPSA) is 93.6 Å². The molecule has 4 rings (SSSR count). The average molecular weight is 373 g/mol. The van der Waals surface area contributed by atoms with E-state index in [0.717, 1.165) is 0 Å². The van der Waals surface area contributed by atoms with Crippen LogP contribution in [0.3, 0.4) is 0 Å². The maximum absolute atomic E-state index is 13.1. The molecule has 3 N–H and O–H groups in total. The molecule has 1 aromatic heterocycles. The number of aromatic nitrogens is 1. The van der Waals surface area contributed by atoms with E-state index in [1.54, 1.807) is 30.5 Å². The standard InChI is InChI=1S/C19H16N2O4.ClH/c1-21(2)8-9-7-20-15-12(9)18(24)13-14(19(15)25)17(23)11-6-4-3-5-10(11)16(13)22;/h3-7,20,22-23H,8H2,1-2H3;1H. The maximum atomic E-state index is 13.1. The quantitative estimate of drug-likeness (QED) is 0.470. The summed E-state index contributed by atoms with van der Waals surface area (Å²) < 4.78 is 0. The van der Waals surface area contributed by atoms with Crippen LogP contribution in [0.25, 0.3) is 10.8 Å². The number of benzene rings is 2. The fourth-order valence-electron chi connectivity index (χ4n) is 3.46. The van der Waals surface area contributed by atoms with Gasteiger partial charge in [-0.05, 0) is 19.7 Å². The van der Waals surface area contributed by atoms with Gasteiger partial charge in [0.05, 0.1) is 22.4 Å². The summed E-state index contributed by atoms with van der Waals surface area (Å²) in [6.45, 7) is 0.473. The van der Waals surface area contributed by atoms with Gasteiger partial charge in [-0.25, -0.2) is 0 Å². The summed E-state index contributed by atoms with van der Waals surface area (Å²) in [6, 6.07) is 6.60. The third-order valence-electron chi connectivity index (χ3n) is 4.52. The molecule has 0 fully saturated rings. The van der Waals surface area contributed by atoms with Gasteiger partial charge in [0.15, 0.2) is 5.78 Å². The number of rotatable bonds is 2. The van der Waals surface area contributed by atoms with Crippen molar-refractivity contribution in [1.29, 1.82) is 0 Å². The fourth-order valence-corrected chi connectivity index (χ4v) is 3.46. The second kappa shape index (κ2) is 6.16. The SMILES string of the molecule is CN(C)Cc1c[nH]c2c1C(=O)c1c(c(O)c3ccccc3c1O)C2=O.Cl. The molecule has 0 aliphatic heterocycles. The van der Waals surface area contributed by atoms with Crippen molar-refractivity contribution in [2.45, 2.75) is 6.54 Å². The molecule has 2 aromatic carbocycles. The largest absolute Gasteiger partial charge is 0.506 e. The number of fused-ring (bicyclic) bond motifs is 3. The Kier molecular flexibility index (Phi) is 4.26. The van der Waals surface area contributed by atoms with Gasteiger partial charge in [0.2, 0.25) is 5.78 Å². The normalized spacial score (nSPS) is 12.9. The van der Waals surface area contributed by atoms with E-state index in [4.69, 9.17) is 0 Å². The number of H-pyrrole nitrogens is 1. The minimum absolute atomic E-state index is 0. The van der Waals surface area contributed by atoms with E-state index in [-0.39, 0.29) is 46.3 Å². The van der Waals surface area contributed by atoms with Gasteiger partial charge < -0.3 is 20.1 Å². The van der Waals surface area contributed by atoms with Crippen LogP contribution in [0.5, 0.6) is 11.5 Å². The number of aromatic hydroxyl groups is 2. The zero-order chi connectivity index (χ0) is 17.9. The van der Waals surface area contributed by atoms with E-state index in [2.05, 4.69) is 4.98 Å². The molecule has 0 atom stereocenters. The van der Waals surface area contributed by atoms with Crippen LogP contribution in [0, 0.1) is 0 Å². The number of nitrogens with zero attached hydrogens (tertiary/aromatic N) is 1. The van der Waals surface area contributed by atoms with Crippen LogP contribution in [-0.4, -0.2) is 45.8 Å². The molecule has 0 bridgehead atoms. The highest BCUT2D eigenvalue weighted by molar-refractivity contribution is 6.32. The molecule has 0 amide bonds. The first-order valence-corrected chi connectivity index (χ1v) is 7.82. The highest BCUT2D eigenvalue weighted by Crippen LogP contribution is 2.44. The van der Waals surface area contributed by atoms with E-state index in [1.807, 2.05) is 19.0 Å². The molecule has 1 aliphatic rings. The molecule has 0 unspecified atom stereocenters. The first kappa shape index (κ1) is 18.0. The van der Waals surface area contributed by atoms with Crippen LogP contribution in [0.2, 0.25) is 0 Å².